The molecule has 0 aromatic heterocycles. The van der Waals surface area contributed by atoms with Crippen LogP contribution in [-0.4, -0.2) is 105 Å². The molecule has 0 bridgehead atoms. The molecule has 2 fully saturated rings. The third kappa shape index (κ3) is 5.61. The second-order valence-corrected chi connectivity index (χ2v) is 9.60. The third-order valence-electron chi connectivity index (χ3n) is 5.15. The van der Waals surface area contributed by atoms with E-state index in [9.17, 15) is 8.42 Å². The molecule has 0 radical (unpaired) electrons. The molecule has 0 saturated carbocycles. The fraction of sp³-hybridized carbons (Fsp3) is 1.00. The molecule has 2 saturated heterocycles. The van der Waals surface area contributed by atoms with Gasteiger partial charge in [0, 0.05) is 38.8 Å². The van der Waals surface area contributed by atoms with Crippen LogP contribution in [0.4, 0.5) is 0 Å². The molecule has 3 atom stereocenters. The minimum Gasteiger partial charge on any atom is -0.373 e. The first kappa shape index (κ1) is 21.1. The van der Waals surface area contributed by atoms with Gasteiger partial charge in [0.15, 0.2) is 0 Å². The fourth-order valence-corrected chi connectivity index (χ4v) is 5.64. The maximum atomic E-state index is 13.3. The highest BCUT2D eigenvalue weighted by molar-refractivity contribution is 7.86. The van der Waals surface area contributed by atoms with Crippen LogP contribution in [0, 0.1) is 0 Å². The number of likely N-dealkylation sites (tertiary alicyclic amines) is 1. The van der Waals surface area contributed by atoms with E-state index in [0.29, 0.717) is 32.2 Å². The Morgan fingerprint density at radius 1 is 1.12 bits per heavy atom. The van der Waals surface area contributed by atoms with Crippen molar-refractivity contribution >= 4 is 10.2 Å². The standard InChI is InChI=1S/C17H36N4O3S/c1-6-19-9-7-8-17(19)14-20(11-10-18(4)5)25(22,23)21-12-15(2)24-16(3)13-21/h15-17H,6-14H2,1-5H3. The van der Waals surface area contributed by atoms with Crippen molar-refractivity contribution in [3.8, 4) is 0 Å². The summed E-state index contributed by atoms with van der Waals surface area (Å²) in [5.74, 6) is 0. The lowest BCUT2D eigenvalue weighted by molar-refractivity contribution is -0.0456. The summed E-state index contributed by atoms with van der Waals surface area (Å²) in [5, 5.41) is 0. The van der Waals surface area contributed by atoms with Gasteiger partial charge in [0.2, 0.25) is 0 Å². The Kier molecular flexibility index (Phi) is 7.67. The molecule has 7 nitrogen and oxygen atoms in total. The molecule has 0 aromatic rings. The van der Waals surface area contributed by atoms with Gasteiger partial charge in [-0.1, -0.05) is 6.92 Å². The summed E-state index contributed by atoms with van der Waals surface area (Å²) < 4.78 is 35.7. The number of hydrogen-bond donors (Lipinski definition) is 0. The van der Waals surface area contributed by atoms with Crippen LogP contribution < -0.4 is 0 Å². The highest BCUT2D eigenvalue weighted by Gasteiger charge is 2.37. The van der Waals surface area contributed by atoms with Crippen LogP contribution in [0.15, 0.2) is 0 Å². The summed E-state index contributed by atoms with van der Waals surface area (Å²) in [6, 6.07) is 0.331. The second kappa shape index (κ2) is 9.10. The predicted octanol–water partition coefficient (Wildman–Crippen LogP) is 0.688. The van der Waals surface area contributed by atoms with Crippen molar-refractivity contribution in [3.63, 3.8) is 0 Å². The van der Waals surface area contributed by atoms with Crippen molar-refractivity contribution in [1.29, 1.82) is 0 Å². The van der Waals surface area contributed by atoms with Crippen molar-refractivity contribution in [1.82, 2.24) is 18.4 Å². The molecule has 2 rings (SSSR count). The SMILES string of the molecule is CCN1CCCC1CN(CCN(C)C)S(=O)(=O)N1CC(C)OC(C)C1. The Labute approximate surface area is 154 Å². The molecular weight excluding hydrogens is 340 g/mol. The Morgan fingerprint density at radius 2 is 1.76 bits per heavy atom. The van der Waals surface area contributed by atoms with Gasteiger partial charge in [-0.05, 0) is 53.9 Å². The zero-order chi connectivity index (χ0) is 18.6. The minimum atomic E-state index is -3.47. The molecule has 2 aliphatic rings. The lowest BCUT2D eigenvalue weighted by Crippen LogP contribution is -2.55. The van der Waals surface area contributed by atoms with Crippen molar-refractivity contribution in [2.24, 2.45) is 0 Å². The van der Waals surface area contributed by atoms with Crippen molar-refractivity contribution < 1.29 is 13.2 Å². The number of morpholine rings is 1. The van der Waals surface area contributed by atoms with Gasteiger partial charge in [0.25, 0.3) is 10.2 Å². The quantitative estimate of drug-likeness (QED) is 0.624. The molecule has 0 spiro atoms. The number of ether oxygens (including phenoxy) is 1. The monoisotopic (exact) mass is 376 g/mol. The molecule has 0 N–H and O–H groups in total. The third-order valence-corrected chi connectivity index (χ3v) is 7.09. The van der Waals surface area contributed by atoms with Crippen molar-refractivity contribution in [3.05, 3.63) is 0 Å². The summed E-state index contributed by atoms with van der Waals surface area (Å²) in [6.07, 6.45) is 2.12. The maximum absolute atomic E-state index is 13.3. The summed E-state index contributed by atoms with van der Waals surface area (Å²) in [4.78, 5) is 4.45. The number of likely N-dealkylation sites (N-methyl/N-ethyl adjacent to an activating group) is 2. The van der Waals surface area contributed by atoms with Gasteiger partial charge in [-0.15, -0.1) is 0 Å². The fourth-order valence-electron chi connectivity index (χ4n) is 3.85. The molecule has 25 heavy (non-hydrogen) atoms. The van der Waals surface area contributed by atoms with Gasteiger partial charge in [-0.25, -0.2) is 0 Å². The van der Waals surface area contributed by atoms with Gasteiger partial charge in [-0.3, -0.25) is 4.90 Å². The number of rotatable bonds is 8. The zero-order valence-electron chi connectivity index (χ0n) is 16.5. The topological polar surface area (TPSA) is 56.3 Å². The first-order chi connectivity index (χ1) is 11.7. The van der Waals surface area contributed by atoms with Crippen molar-refractivity contribution in [2.45, 2.75) is 51.9 Å². The molecule has 2 heterocycles. The Hall–Kier alpha value is -0.250. The van der Waals surface area contributed by atoms with E-state index in [0.717, 1.165) is 32.5 Å². The lowest BCUT2D eigenvalue weighted by Gasteiger charge is -2.39. The summed E-state index contributed by atoms with van der Waals surface area (Å²) in [6.45, 7) is 10.8. The molecule has 0 aliphatic carbocycles. The Balaban J connectivity index is 2.14. The molecule has 0 amide bonds. The molecule has 148 valence electrons. The van der Waals surface area contributed by atoms with Gasteiger partial charge in [-0.2, -0.15) is 17.0 Å². The van der Waals surface area contributed by atoms with E-state index in [1.807, 2.05) is 32.8 Å². The molecule has 2 aliphatic heterocycles. The van der Waals surface area contributed by atoms with Crippen molar-refractivity contribution in [2.75, 3.05) is 59.9 Å². The van der Waals surface area contributed by atoms with Gasteiger partial charge >= 0.3 is 0 Å². The minimum absolute atomic E-state index is 0.0622. The van der Waals surface area contributed by atoms with Gasteiger partial charge in [0.1, 0.15) is 0 Å². The van der Waals surface area contributed by atoms with Crippen LogP contribution in [-0.2, 0) is 14.9 Å². The van der Waals surface area contributed by atoms with Crippen LogP contribution in [0.2, 0.25) is 0 Å². The normalized spacial score (nSPS) is 29.8. The molecular formula is C17H36N4O3S. The molecule has 3 unspecified atom stereocenters. The van der Waals surface area contributed by atoms with Crippen LogP contribution in [0.5, 0.6) is 0 Å². The first-order valence-electron chi connectivity index (χ1n) is 9.53. The second-order valence-electron chi connectivity index (χ2n) is 7.67. The average Bonchev–Trinajstić information content (AvgIpc) is 2.97. The van der Waals surface area contributed by atoms with E-state index in [2.05, 4.69) is 11.8 Å². The van der Waals surface area contributed by atoms with E-state index in [1.165, 1.54) is 0 Å². The highest BCUT2D eigenvalue weighted by atomic mass is 32.2. The molecule has 0 aromatic carbocycles. The summed E-state index contributed by atoms with van der Waals surface area (Å²) in [7, 11) is 0.496. The first-order valence-corrected chi connectivity index (χ1v) is 10.9. The molecule has 8 heteroatoms. The highest BCUT2D eigenvalue weighted by Crippen LogP contribution is 2.22. The number of nitrogens with zero attached hydrogens (tertiary/aromatic N) is 4. The van der Waals surface area contributed by atoms with Crippen LogP contribution in [0.3, 0.4) is 0 Å². The van der Waals surface area contributed by atoms with Crippen LogP contribution in [0.1, 0.15) is 33.6 Å². The zero-order valence-corrected chi connectivity index (χ0v) is 17.3. The summed E-state index contributed by atoms with van der Waals surface area (Å²) >= 11 is 0. The van der Waals surface area contributed by atoms with Gasteiger partial charge in [0.05, 0.1) is 12.2 Å². The van der Waals surface area contributed by atoms with Crippen LogP contribution >= 0.6 is 0 Å². The maximum Gasteiger partial charge on any atom is 0.282 e. The smallest absolute Gasteiger partial charge is 0.282 e. The largest absolute Gasteiger partial charge is 0.373 e. The van der Waals surface area contributed by atoms with E-state index in [-0.39, 0.29) is 12.2 Å². The van der Waals surface area contributed by atoms with Gasteiger partial charge < -0.3 is 9.64 Å². The predicted molar refractivity (Wildman–Crippen MR) is 101 cm³/mol. The summed E-state index contributed by atoms with van der Waals surface area (Å²) in [5.41, 5.74) is 0. The van der Waals surface area contributed by atoms with E-state index < -0.39 is 10.2 Å². The van der Waals surface area contributed by atoms with E-state index >= 15 is 0 Å². The number of hydrogen-bond acceptors (Lipinski definition) is 5. The average molecular weight is 377 g/mol. The van der Waals surface area contributed by atoms with Crippen LogP contribution in [0.25, 0.3) is 0 Å². The Bertz CT molecular complexity index is 504. The lowest BCUT2D eigenvalue weighted by atomic mass is 10.2. The van der Waals surface area contributed by atoms with E-state index in [4.69, 9.17) is 4.74 Å². The van der Waals surface area contributed by atoms with E-state index in [1.54, 1.807) is 8.61 Å². The Morgan fingerprint density at radius 3 is 2.32 bits per heavy atom.